The van der Waals surface area contributed by atoms with E-state index in [9.17, 15) is 9.59 Å². The maximum atomic E-state index is 12.5. The summed E-state index contributed by atoms with van der Waals surface area (Å²) in [6.45, 7) is 2.73. The Morgan fingerprint density at radius 3 is 2.91 bits per heavy atom. The Kier molecular flexibility index (Phi) is 4.49. The van der Waals surface area contributed by atoms with Gasteiger partial charge in [-0.15, -0.1) is 0 Å². The minimum absolute atomic E-state index is 0.0454. The third-order valence-corrected chi connectivity index (χ3v) is 5.00. The molecule has 0 spiro atoms. The second kappa shape index (κ2) is 6.37. The molecule has 1 saturated heterocycles. The molecule has 1 aliphatic heterocycles. The van der Waals surface area contributed by atoms with Gasteiger partial charge in [-0.1, -0.05) is 22.9 Å². The standard InChI is InChI=1S/C14H17ClN4O2S/c15-10-2-3-12-11(8-10)19(14(21)22-12)9-13(20)17-4-1-5-18(16)7-6-17/h2-3,8H,1,4-7,9,16H2. The first kappa shape index (κ1) is 15.5. The Morgan fingerprint density at radius 1 is 1.27 bits per heavy atom. The summed E-state index contributed by atoms with van der Waals surface area (Å²) < 4.78 is 2.34. The maximum absolute atomic E-state index is 12.5. The van der Waals surface area contributed by atoms with Crippen LogP contribution in [-0.4, -0.2) is 46.6 Å². The number of halogens is 1. The smallest absolute Gasteiger partial charge is 0.308 e. The second-order valence-corrected chi connectivity index (χ2v) is 6.77. The Labute approximate surface area is 136 Å². The highest BCUT2D eigenvalue weighted by Gasteiger charge is 2.19. The molecular weight excluding hydrogens is 324 g/mol. The first-order chi connectivity index (χ1) is 10.5. The van der Waals surface area contributed by atoms with E-state index in [0.29, 0.717) is 30.2 Å². The summed E-state index contributed by atoms with van der Waals surface area (Å²) in [5.41, 5.74) is 0.714. The SMILES string of the molecule is NN1CCCN(C(=O)Cn2c(=O)sc3ccc(Cl)cc32)CC1. The van der Waals surface area contributed by atoms with Crippen molar-refractivity contribution in [3.05, 3.63) is 32.9 Å². The van der Waals surface area contributed by atoms with Crippen molar-refractivity contribution in [2.45, 2.75) is 13.0 Å². The summed E-state index contributed by atoms with van der Waals surface area (Å²) in [5, 5.41) is 2.28. The molecule has 22 heavy (non-hydrogen) atoms. The third kappa shape index (κ3) is 3.17. The van der Waals surface area contributed by atoms with E-state index < -0.39 is 0 Å². The molecule has 1 aromatic carbocycles. The van der Waals surface area contributed by atoms with Crippen molar-refractivity contribution in [3.8, 4) is 0 Å². The van der Waals surface area contributed by atoms with Crippen LogP contribution in [0.5, 0.6) is 0 Å². The number of rotatable bonds is 2. The fourth-order valence-corrected chi connectivity index (χ4v) is 3.64. The Balaban J connectivity index is 1.83. The molecule has 8 heteroatoms. The number of nitrogens with two attached hydrogens (primary N) is 1. The monoisotopic (exact) mass is 340 g/mol. The average molecular weight is 341 g/mol. The number of aromatic nitrogens is 1. The van der Waals surface area contributed by atoms with E-state index in [4.69, 9.17) is 17.4 Å². The number of carbonyl (C=O) groups is 1. The van der Waals surface area contributed by atoms with Gasteiger partial charge in [-0.05, 0) is 24.6 Å². The molecule has 1 aliphatic rings. The zero-order chi connectivity index (χ0) is 15.7. The highest BCUT2D eigenvalue weighted by atomic mass is 35.5. The minimum Gasteiger partial charge on any atom is -0.340 e. The molecule has 0 unspecified atom stereocenters. The van der Waals surface area contributed by atoms with Crippen LogP contribution in [0.3, 0.4) is 0 Å². The van der Waals surface area contributed by atoms with E-state index in [1.807, 2.05) is 6.07 Å². The normalized spacial score (nSPS) is 16.9. The van der Waals surface area contributed by atoms with Gasteiger partial charge in [-0.25, -0.2) is 5.01 Å². The van der Waals surface area contributed by atoms with Crippen molar-refractivity contribution < 1.29 is 4.79 Å². The number of hydrazine groups is 1. The van der Waals surface area contributed by atoms with Crippen LogP contribution >= 0.6 is 22.9 Å². The summed E-state index contributed by atoms with van der Waals surface area (Å²) in [7, 11) is 0. The van der Waals surface area contributed by atoms with Crippen molar-refractivity contribution >= 4 is 39.1 Å². The Morgan fingerprint density at radius 2 is 2.09 bits per heavy atom. The van der Waals surface area contributed by atoms with E-state index in [1.165, 1.54) is 4.57 Å². The third-order valence-electron chi connectivity index (χ3n) is 3.81. The summed E-state index contributed by atoms with van der Waals surface area (Å²) >= 11 is 7.13. The fraction of sp³-hybridized carbons (Fsp3) is 0.429. The first-order valence-electron chi connectivity index (χ1n) is 7.11. The van der Waals surface area contributed by atoms with Crippen LogP contribution in [0.2, 0.25) is 5.02 Å². The van der Waals surface area contributed by atoms with Gasteiger partial charge < -0.3 is 4.90 Å². The van der Waals surface area contributed by atoms with Crippen LogP contribution in [0.25, 0.3) is 10.2 Å². The molecule has 0 atom stereocenters. The number of fused-ring (bicyclic) bond motifs is 1. The topological polar surface area (TPSA) is 71.6 Å². The minimum atomic E-state index is -0.138. The highest BCUT2D eigenvalue weighted by molar-refractivity contribution is 7.16. The lowest BCUT2D eigenvalue weighted by atomic mass is 10.3. The molecule has 1 fully saturated rings. The number of hydrogen-bond acceptors (Lipinski definition) is 5. The summed E-state index contributed by atoms with van der Waals surface area (Å²) in [4.78, 5) is 26.2. The van der Waals surface area contributed by atoms with E-state index >= 15 is 0 Å². The molecule has 2 N–H and O–H groups in total. The lowest BCUT2D eigenvalue weighted by Gasteiger charge is -2.20. The number of benzene rings is 1. The van der Waals surface area contributed by atoms with Gasteiger partial charge >= 0.3 is 4.87 Å². The van der Waals surface area contributed by atoms with Gasteiger partial charge in [0.15, 0.2) is 0 Å². The van der Waals surface area contributed by atoms with Crippen LogP contribution < -0.4 is 10.7 Å². The predicted molar refractivity (Wildman–Crippen MR) is 88.1 cm³/mol. The summed E-state index contributed by atoms with van der Waals surface area (Å²) in [5.74, 6) is 5.72. The highest BCUT2D eigenvalue weighted by Crippen LogP contribution is 2.21. The molecule has 1 amide bonds. The van der Waals surface area contributed by atoms with Gasteiger partial charge in [-0.3, -0.25) is 20.0 Å². The number of carbonyl (C=O) groups excluding carboxylic acids is 1. The van der Waals surface area contributed by atoms with Crippen LogP contribution in [0.15, 0.2) is 23.0 Å². The molecule has 0 radical (unpaired) electrons. The second-order valence-electron chi connectivity index (χ2n) is 5.34. The molecule has 0 saturated carbocycles. The maximum Gasteiger partial charge on any atom is 0.308 e. The molecular formula is C14H17ClN4O2S. The molecule has 118 valence electrons. The molecule has 6 nitrogen and oxygen atoms in total. The zero-order valence-corrected chi connectivity index (χ0v) is 13.6. The Bertz CT molecular complexity index is 757. The first-order valence-corrected chi connectivity index (χ1v) is 8.30. The fourth-order valence-electron chi connectivity index (χ4n) is 2.61. The van der Waals surface area contributed by atoms with E-state index in [1.54, 1.807) is 22.0 Å². The largest absolute Gasteiger partial charge is 0.340 e. The van der Waals surface area contributed by atoms with Crippen molar-refractivity contribution in [1.82, 2.24) is 14.5 Å². The van der Waals surface area contributed by atoms with Crippen LogP contribution in [-0.2, 0) is 11.3 Å². The Hall–Kier alpha value is -1.41. The molecule has 1 aromatic heterocycles. The van der Waals surface area contributed by atoms with Gasteiger partial charge in [0, 0.05) is 31.2 Å². The molecule has 2 aromatic rings. The molecule has 0 aliphatic carbocycles. The van der Waals surface area contributed by atoms with Crippen molar-refractivity contribution in [3.63, 3.8) is 0 Å². The van der Waals surface area contributed by atoms with E-state index in [0.717, 1.165) is 29.0 Å². The van der Waals surface area contributed by atoms with Crippen molar-refractivity contribution in [2.75, 3.05) is 26.2 Å². The molecule has 2 heterocycles. The molecule has 0 bridgehead atoms. The van der Waals surface area contributed by atoms with E-state index in [2.05, 4.69) is 0 Å². The van der Waals surface area contributed by atoms with Crippen LogP contribution in [0, 0.1) is 0 Å². The lowest BCUT2D eigenvalue weighted by molar-refractivity contribution is -0.131. The zero-order valence-electron chi connectivity index (χ0n) is 12.0. The van der Waals surface area contributed by atoms with Crippen molar-refractivity contribution in [1.29, 1.82) is 0 Å². The van der Waals surface area contributed by atoms with Gasteiger partial charge in [0.25, 0.3) is 0 Å². The van der Waals surface area contributed by atoms with Gasteiger partial charge in [-0.2, -0.15) is 0 Å². The van der Waals surface area contributed by atoms with Gasteiger partial charge in [0.1, 0.15) is 6.54 Å². The number of thiazole rings is 1. The summed E-state index contributed by atoms with van der Waals surface area (Å²) in [6.07, 6.45) is 0.841. The van der Waals surface area contributed by atoms with Gasteiger partial charge in [0.05, 0.1) is 10.2 Å². The number of hydrogen-bond donors (Lipinski definition) is 1. The van der Waals surface area contributed by atoms with E-state index in [-0.39, 0.29) is 17.3 Å². The van der Waals surface area contributed by atoms with Crippen molar-refractivity contribution in [2.24, 2.45) is 5.84 Å². The predicted octanol–water partition coefficient (Wildman–Crippen LogP) is 1.12. The van der Waals surface area contributed by atoms with Gasteiger partial charge in [0.2, 0.25) is 5.91 Å². The van der Waals surface area contributed by atoms with Crippen LogP contribution in [0.1, 0.15) is 6.42 Å². The number of nitrogens with zero attached hydrogens (tertiary/aromatic N) is 3. The average Bonchev–Trinajstić information content (AvgIpc) is 2.65. The lowest BCUT2D eigenvalue weighted by Crippen LogP contribution is -2.39. The number of amides is 1. The molecule has 3 rings (SSSR count). The quantitative estimate of drug-likeness (QED) is 0.832. The van der Waals surface area contributed by atoms with Crippen LogP contribution in [0.4, 0.5) is 0 Å². The summed E-state index contributed by atoms with van der Waals surface area (Å²) in [6, 6.07) is 5.28.